The lowest BCUT2D eigenvalue weighted by molar-refractivity contribution is 0.618. The Morgan fingerprint density at radius 2 is 1.88 bits per heavy atom. The van der Waals surface area contributed by atoms with E-state index >= 15 is 0 Å². The highest BCUT2D eigenvalue weighted by atomic mass is 35.5. The lowest BCUT2D eigenvalue weighted by atomic mass is 10.2. The van der Waals surface area contributed by atoms with Gasteiger partial charge in [0.25, 0.3) is 0 Å². The zero-order chi connectivity index (χ0) is 17.5. The first-order valence-electron chi connectivity index (χ1n) is 8.31. The first-order valence-corrected chi connectivity index (χ1v) is 8.69. The average Bonchev–Trinajstić information content (AvgIpc) is 3.24. The van der Waals surface area contributed by atoms with E-state index in [1.54, 1.807) is 12.4 Å². The van der Waals surface area contributed by atoms with E-state index in [2.05, 4.69) is 21.7 Å². The third-order valence-corrected chi connectivity index (χ3v) is 4.67. The van der Waals surface area contributed by atoms with Gasteiger partial charge >= 0.3 is 0 Å². The van der Waals surface area contributed by atoms with Gasteiger partial charge in [-0.25, -0.2) is 4.98 Å². The van der Waals surface area contributed by atoms with Crippen molar-refractivity contribution < 1.29 is 4.42 Å². The van der Waals surface area contributed by atoms with Crippen LogP contribution in [0.2, 0.25) is 5.02 Å². The number of fused-ring (bicyclic) bond motifs is 2. The Balaban J connectivity index is 1.73. The quantitative estimate of drug-likeness (QED) is 0.424. The zero-order valence-electron chi connectivity index (χ0n) is 13.8. The number of furan rings is 1. The summed E-state index contributed by atoms with van der Waals surface area (Å²) in [5, 5.41) is 1.63. The Labute approximate surface area is 154 Å². The molecule has 0 spiro atoms. The van der Waals surface area contributed by atoms with Crippen LogP contribution in [0.1, 0.15) is 5.56 Å². The van der Waals surface area contributed by atoms with Crippen molar-refractivity contribution in [2.75, 3.05) is 0 Å². The largest absolute Gasteiger partial charge is 0.453 e. The van der Waals surface area contributed by atoms with E-state index in [0.29, 0.717) is 11.6 Å². The highest BCUT2D eigenvalue weighted by Crippen LogP contribution is 2.31. The van der Waals surface area contributed by atoms with Crippen LogP contribution < -0.4 is 0 Å². The number of pyridine rings is 1. The van der Waals surface area contributed by atoms with Gasteiger partial charge in [-0.3, -0.25) is 4.98 Å². The van der Waals surface area contributed by atoms with Crippen molar-refractivity contribution in [1.82, 2.24) is 14.5 Å². The fourth-order valence-corrected chi connectivity index (χ4v) is 3.38. The zero-order valence-corrected chi connectivity index (χ0v) is 14.5. The Kier molecular flexibility index (Phi) is 3.50. The fourth-order valence-electron chi connectivity index (χ4n) is 3.21. The third-order valence-electron chi connectivity index (χ3n) is 4.43. The summed E-state index contributed by atoms with van der Waals surface area (Å²) < 4.78 is 8.19. The summed E-state index contributed by atoms with van der Waals surface area (Å²) in [4.78, 5) is 8.96. The third kappa shape index (κ3) is 2.55. The number of hydrogen-bond acceptors (Lipinski definition) is 3. The van der Waals surface area contributed by atoms with Gasteiger partial charge in [0.05, 0.1) is 11.0 Å². The SMILES string of the molecule is Clc1ccc2c(c1)nc(-c1cc3cnccc3o1)n2Cc1ccccc1. The minimum absolute atomic E-state index is 0.669. The van der Waals surface area contributed by atoms with Crippen molar-refractivity contribution >= 4 is 33.6 Å². The van der Waals surface area contributed by atoms with Crippen molar-refractivity contribution in [2.24, 2.45) is 0 Å². The van der Waals surface area contributed by atoms with Crippen LogP contribution in [-0.4, -0.2) is 14.5 Å². The Morgan fingerprint density at radius 1 is 1.00 bits per heavy atom. The van der Waals surface area contributed by atoms with Crippen LogP contribution >= 0.6 is 11.6 Å². The van der Waals surface area contributed by atoms with E-state index in [0.717, 1.165) is 33.6 Å². The Bertz CT molecular complexity index is 1190. The van der Waals surface area contributed by atoms with E-state index in [1.165, 1.54) is 5.56 Å². The topological polar surface area (TPSA) is 43.9 Å². The van der Waals surface area contributed by atoms with Crippen molar-refractivity contribution in [3.8, 4) is 11.6 Å². The Hall–Kier alpha value is -3.11. The summed E-state index contributed by atoms with van der Waals surface area (Å²) in [5.74, 6) is 1.50. The van der Waals surface area contributed by atoms with Gasteiger partial charge in [0.15, 0.2) is 11.6 Å². The summed E-state index contributed by atoms with van der Waals surface area (Å²) in [6.07, 6.45) is 3.52. The van der Waals surface area contributed by atoms with Gasteiger partial charge in [0.1, 0.15) is 5.58 Å². The second-order valence-corrected chi connectivity index (χ2v) is 6.60. The molecule has 4 nitrogen and oxygen atoms in total. The van der Waals surface area contributed by atoms with E-state index < -0.39 is 0 Å². The average molecular weight is 360 g/mol. The summed E-state index contributed by atoms with van der Waals surface area (Å²) in [5.41, 5.74) is 3.86. The highest BCUT2D eigenvalue weighted by Gasteiger charge is 2.17. The van der Waals surface area contributed by atoms with E-state index in [9.17, 15) is 0 Å². The summed E-state index contributed by atoms with van der Waals surface area (Å²) in [7, 11) is 0. The van der Waals surface area contributed by atoms with Gasteiger partial charge < -0.3 is 8.98 Å². The molecule has 0 saturated heterocycles. The summed E-state index contributed by atoms with van der Waals surface area (Å²) in [6, 6.07) is 19.9. The molecule has 0 fully saturated rings. The van der Waals surface area contributed by atoms with Crippen LogP contribution in [0.5, 0.6) is 0 Å². The molecule has 0 aliphatic carbocycles. The molecule has 2 aromatic carbocycles. The maximum Gasteiger partial charge on any atom is 0.177 e. The van der Waals surface area contributed by atoms with Crippen molar-refractivity contribution in [3.63, 3.8) is 0 Å². The molecule has 0 amide bonds. The smallest absolute Gasteiger partial charge is 0.177 e. The molecule has 5 rings (SSSR count). The molecule has 0 atom stereocenters. The molecule has 3 aromatic heterocycles. The number of imidazole rings is 1. The van der Waals surface area contributed by atoms with Crippen molar-refractivity contribution in [1.29, 1.82) is 0 Å². The fraction of sp³-hybridized carbons (Fsp3) is 0.0476. The van der Waals surface area contributed by atoms with Gasteiger partial charge in [0.2, 0.25) is 0 Å². The minimum atomic E-state index is 0.669. The molecular weight excluding hydrogens is 346 g/mol. The maximum atomic E-state index is 6.17. The lowest BCUT2D eigenvalue weighted by Gasteiger charge is -2.08. The van der Waals surface area contributed by atoms with Gasteiger partial charge in [-0.15, -0.1) is 0 Å². The van der Waals surface area contributed by atoms with Crippen LogP contribution in [0.25, 0.3) is 33.6 Å². The predicted octanol–water partition coefficient (Wildman–Crippen LogP) is 5.55. The van der Waals surface area contributed by atoms with Crippen LogP contribution in [0.15, 0.2) is 77.5 Å². The first kappa shape index (κ1) is 15.2. The number of hydrogen-bond donors (Lipinski definition) is 0. The molecule has 0 unspecified atom stereocenters. The number of rotatable bonds is 3. The van der Waals surface area contributed by atoms with Crippen LogP contribution in [0.3, 0.4) is 0 Å². The number of aromatic nitrogens is 3. The van der Waals surface area contributed by atoms with Gasteiger partial charge in [-0.2, -0.15) is 0 Å². The van der Waals surface area contributed by atoms with Gasteiger partial charge in [-0.1, -0.05) is 41.9 Å². The normalized spacial score (nSPS) is 11.4. The van der Waals surface area contributed by atoms with Crippen LogP contribution in [-0.2, 0) is 6.54 Å². The molecule has 5 heteroatoms. The number of benzene rings is 2. The maximum absolute atomic E-state index is 6.17. The first-order chi connectivity index (χ1) is 12.8. The second kappa shape index (κ2) is 6.00. The minimum Gasteiger partial charge on any atom is -0.453 e. The number of nitrogens with zero attached hydrogens (tertiary/aromatic N) is 3. The molecule has 0 bridgehead atoms. The molecule has 0 radical (unpaired) electrons. The van der Waals surface area contributed by atoms with Crippen molar-refractivity contribution in [2.45, 2.75) is 6.54 Å². The summed E-state index contributed by atoms with van der Waals surface area (Å²) >= 11 is 6.17. The van der Waals surface area contributed by atoms with Crippen molar-refractivity contribution in [3.05, 3.63) is 83.6 Å². The molecule has 0 aliphatic heterocycles. The van der Waals surface area contributed by atoms with Gasteiger partial charge in [0, 0.05) is 29.3 Å². The lowest BCUT2D eigenvalue weighted by Crippen LogP contribution is -2.01. The molecule has 0 saturated carbocycles. The highest BCUT2D eigenvalue weighted by molar-refractivity contribution is 6.31. The molecule has 3 heterocycles. The standard InChI is InChI=1S/C21H14ClN3O/c22-16-6-7-18-17(11-16)24-21(25(18)13-14-4-2-1-3-5-14)20-10-15-12-23-9-8-19(15)26-20/h1-12H,13H2. The predicted molar refractivity (Wildman–Crippen MR) is 103 cm³/mol. The van der Waals surface area contributed by atoms with E-state index in [-0.39, 0.29) is 0 Å². The second-order valence-electron chi connectivity index (χ2n) is 6.16. The number of halogens is 1. The van der Waals surface area contributed by atoms with E-state index in [1.807, 2.05) is 48.5 Å². The van der Waals surface area contributed by atoms with Gasteiger partial charge in [-0.05, 0) is 35.9 Å². The molecule has 0 aliphatic rings. The molecule has 26 heavy (non-hydrogen) atoms. The molecular formula is C21H14ClN3O. The molecule has 126 valence electrons. The monoisotopic (exact) mass is 359 g/mol. The molecule has 0 N–H and O–H groups in total. The van der Waals surface area contributed by atoms with E-state index in [4.69, 9.17) is 21.0 Å². The van der Waals surface area contributed by atoms with Crippen LogP contribution in [0, 0.1) is 0 Å². The Morgan fingerprint density at radius 3 is 2.73 bits per heavy atom. The summed E-state index contributed by atoms with van der Waals surface area (Å²) in [6.45, 7) is 0.698. The molecule has 5 aromatic rings. The van der Waals surface area contributed by atoms with Crippen LogP contribution in [0.4, 0.5) is 0 Å².